The molecule has 0 aromatic heterocycles. The van der Waals surface area contributed by atoms with Crippen LogP contribution in [0.4, 0.5) is 0 Å². The molecule has 0 saturated carbocycles. The Morgan fingerprint density at radius 2 is 1.52 bits per heavy atom. The molecular formula is C23H25NO7. The molecule has 2 aromatic carbocycles. The third kappa shape index (κ3) is 8.31. The van der Waals surface area contributed by atoms with Crippen LogP contribution in [0.5, 0.6) is 11.5 Å². The molecule has 0 spiro atoms. The Morgan fingerprint density at radius 1 is 0.903 bits per heavy atom. The first kappa shape index (κ1) is 23.6. The Morgan fingerprint density at radius 3 is 2.16 bits per heavy atom. The van der Waals surface area contributed by atoms with Gasteiger partial charge in [0.1, 0.15) is 11.5 Å². The lowest BCUT2D eigenvalue weighted by molar-refractivity contribution is -0.137. The Balaban J connectivity index is 1.76. The normalized spacial score (nSPS) is 10.1. The number of esters is 2. The van der Waals surface area contributed by atoms with Gasteiger partial charge in [0.25, 0.3) is 5.91 Å². The van der Waals surface area contributed by atoms with Gasteiger partial charge in [-0.2, -0.15) is 0 Å². The molecule has 0 saturated heterocycles. The number of carbonyl (C=O) groups is 3. The highest BCUT2D eigenvalue weighted by Crippen LogP contribution is 2.17. The van der Waals surface area contributed by atoms with Gasteiger partial charge in [0, 0.05) is 18.2 Å². The highest BCUT2D eigenvalue weighted by Gasteiger charge is 2.10. The van der Waals surface area contributed by atoms with Crippen LogP contribution >= 0.6 is 0 Å². The van der Waals surface area contributed by atoms with Crippen molar-refractivity contribution in [1.82, 2.24) is 5.32 Å². The van der Waals surface area contributed by atoms with Crippen LogP contribution in [0.25, 0.3) is 0 Å². The van der Waals surface area contributed by atoms with Gasteiger partial charge in [-0.3, -0.25) is 4.79 Å². The fourth-order valence-electron chi connectivity index (χ4n) is 2.42. The lowest BCUT2D eigenvalue weighted by atomic mass is 10.2. The smallest absolute Gasteiger partial charge is 0.343 e. The number of amides is 1. The zero-order chi connectivity index (χ0) is 22.5. The van der Waals surface area contributed by atoms with Crippen molar-refractivity contribution in [2.45, 2.75) is 12.8 Å². The molecule has 8 heteroatoms. The minimum Gasteiger partial charge on any atom is -0.494 e. The molecule has 0 atom stereocenters. The summed E-state index contributed by atoms with van der Waals surface area (Å²) in [6.07, 6.45) is 2.51. The summed E-state index contributed by atoms with van der Waals surface area (Å²) in [4.78, 5) is 35.0. The van der Waals surface area contributed by atoms with E-state index in [0.717, 1.165) is 6.08 Å². The van der Waals surface area contributed by atoms with Crippen molar-refractivity contribution >= 4 is 17.8 Å². The van der Waals surface area contributed by atoms with Gasteiger partial charge in [-0.1, -0.05) is 6.58 Å². The Labute approximate surface area is 180 Å². The molecule has 1 amide bonds. The third-order valence-electron chi connectivity index (χ3n) is 4.03. The molecule has 0 radical (unpaired) electrons. The number of aliphatic hydroxyl groups excluding tert-OH is 1. The van der Waals surface area contributed by atoms with E-state index >= 15 is 0 Å². The van der Waals surface area contributed by atoms with Crippen LogP contribution in [0.3, 0.4) is 0 Å². The summed E-state index contributed by atoms with van der Waals surface area (Å²) in [7, 11) is 0. The number of rotatable bonds is 12. The lowest BCUT2D eigenvalue weighted by Gasteiger charge is -2.08. The van der Waals surface area contributed by atoms with Gasteiger partial charge < -0.3 is 24.6 Å². The molecule has 0 fully saturated rings. The van der Waals surface area contributed by atoms with E-state index in [2.05, 4.69) is 11.9 Å². The number of ether oxygens (including phenoxy) is 3. The first-order chi connectivity index (χ1) is 15.0. The predicted molar refractivity (Wildman–Crippen MR) is 113 cm³/mol. The van der Waals surface area contributed by atoms with E-state index in [4.69, 9.17) is 19.3 Å². The van der Waals surface area contributed by atoms with Gasteiger partial charge in [-0.05, 0) is 61.4 Å². The summed E-state index contributed by atoms with van der Waals surface area (Å²) in [5.74, 6) is -0.379. The van der Waals surface area contributed by atoms with E-state index < -0.39 is 11.9 Å². The van der Waals surface area contributed by atoms with Crippen LogP contribution in [0.1, 0.15) is 33.6 Å². The summed E-state index contributed by atoms with van der Waals surface area (Å²) in [5.41, 5.74) is 0.752. The van der Waals surface area contributed by atoms with Crippen LogP contribution in [-0.4, -0.2) is 49.3 Å². The minimum atomic E-state index is -0.534. The maximum atomic E-state index is 12.3. The molecule has 0 bridgehead atoms. The average molecular weight is 427 g/mol. The molecule has 0 aliphatic heterocycles. The lowest BCUT2D eigenvalue weighted by Crippen LogP contribution is -2.26. The first-order valence-electron chi connectivity index (χ1n) is 9.77. The molecule has 8 nitrogen and oxygen atoms in total. The van der Waals surface area contributed by atoms with Crippen LogP contribution < -0.4 is 14.8 Å². The molecule has 2 N–H and O–H groups in total. The molecule has 0 unspecified atom stereocenters. The van der Waals surface area contributed by atoms with E-state index in [1.54, 1.807) is 24.3 Å². The monoisotopic (exact) mass is 427 g/mol. The molecule has 0 heterocycles. The molecule has 2 rings (SSSR count). The fraction of sp³-hybridized carbons (Fsp3) is 0.261. The SMILES string of the molecule is C=CC(=O)OCCCCOc1ccc(C(=O)Oc2ccc(C(=O)NCCO)cc2)cc1. The molecule has 31 heavy (non-hydrogen) atoms. The van der Waals surface area contributed by atoms with E-state index in [1.807, 2.05) is 0 Å². The van der Waals surface area contributed by atoms with Crippen LogP contribution in [0.2, 0.25) is 0 Å². The zero-order valence-corrected chi connectivity index (χ0v) is 17.0. The Bertz CT molecular complexity index is 876. The zero-order valence-electron chi connectivity index (χ0n) is 17.0. The molecule has 0 aliphatic carbocycles. The number of carbonyl (C=O) groups excluding carboxylic acids is 3. The molecular weight excluding hydrogens is 402 g/mol. The number of nitrogens with one attached hydrogen (secondary N) is 1. The maximum absolute atomic E-state index is 12.3. The fourth-order valence-corrected chi connectivity index (χ4v) is 2.42. The quantitative estimate of drug-likeness (QED) is 0.232. The topological polar surface area (TPSA) is 111 Å². The van der Waals surface area contributed by atoms with Crippen LogP contribution in [0, 0.1) is 0 Å². The standard InChI is InChI=1S/C23H25NO7/c1-2-21(26)30-16-4-3-15-29-19-9-7-18(8-10-19)23(28)31-20-11-5-17(6-12-20)22(27)24-13-14-25/h2,5-12,25H,1,3-4,13-16H2,(H,24,27). The highest BCUT2D eigenvalue weighted by atomic mass is 16.5. The second-order valence-corrected chi connectivity index (χ2v) is 6.34. The van der Waals surface area contributed by atoms with Crippen molar-refractivity contribution in [3.05, 3.63) is 72.3 Å². The van der Waals surface area contributed by atoms with Gasteiger partial charge in [-0.25, -0.2) is 9.59 Å². The van der Waals surface area contributed by atoms with Gasteiger partial charge in [0.05, 0.1) is 25.4 Å². The van der Waals surface area contributed by atoms with Crippen molar-refractivity contribution in [3.63, 3.8) is 0 Å². The van der Waals surface area contributed by atoms with Crippen molar-refractivity contribution in [2.75, 3.05) is 26.4 Å². The average Bonchev–Trinajstić information content (AvgIpc) is 2.80. The number of hydrogen-bond donors (Lipinski definition) is 2. The van der Waals surface area contributed by atoms with Gasteiger partial charge in [-0.15, -0.1) is 0 Å². The summed E-state index contributed by atoms with van der Waals surface area (Å²) < 4.78 is 15.8. The van der Waals surface area contributed by atoms with Crippen LogP contribution in [-0.2, 0) is 9.53 Å². The van der Waals surface area contributed by atoms with Crippen molar-refractivity contribution < 1.29 is 33.7 Å². The highest BCUT2D eigenvalue weighted by molar-refractivity contribution is 5.94. The summed E-state index contributed by atoms with van der Waals surface area (Å²) in [5, 5.41) is 11.3. The molecule has 164 valence electrons. The van der Waals surface area contributed by atoms with Gasteiger partial charge in [0.2, 0.25) is 0 Å². The summed E-state index contributed by atoms with van der Waals surface area (Å²) in [6.45, 7) is 4.11. The van der Waals surface area contributed by atoms with E-state index in [1.165, 1.54) is 24.3 Å². The summed E-state index contributed by atoms with van der Waals surface area (Å²) >= 11 is 0. The van der Waals surface area contributed by atoms with Crippen molar-refractivity contribution in [3.8, 4) is 11.5 Å². The predicted octanol–water partition coefficient (Wildman–Crippen LogP) is 2.52. The van der Waals surface area contributed by atoms with Crippen molar-refractivity contribution in [1.29, 1.82) is 0 Å². The van der Waals surface area contributed by atoms with Crippen molar-refractivity contribution in [2.24, 2.45) is 0 Å². The second kappa shape index (κ2) is 12.8. The Hall–Kier alpha value is -3.65. The second-order valence-electron chi connectivity index (χ2n) is 6.34. The van der Waals surface area contributed by atoms with E-state index in [-0.39, 0.29) is 19.1 Å². The van der Waals surface area contributed by atoms with Crippen LogP contribution in [0.15, 0.2) is 61.2 Å². The summed E-state index contributed by atoms with van der Waals surface area (Å²) in [6, 6.07) is 12.6. The number of unbranched alkanes of at least 4 members (excludes halogenated alkanes) is 1. The largest absolute Gasteiger partial charge is 0.494 e. The third-order valence-corrected chi connectivity index (χ3v) is 4.03. The maximum Gasteiger partial charge on any atom is 0.343 e. The molecule has 0 aliphatic rings. The number of hydrogen-bond acceptors (Lipinski definition) is 7. The van der Waals surface area contributed by atoms with E-state index in [9.17, 15) is 14.4 Å². The molecule has 2 aromatic rings. The minimum absolute atomic E-state index is 0.140. The van der Waals surface area contributed by atoms with E-state index in [0.29, 0.717) is 48.7 Å². The van der Waals surface area contributed by atoms with Gasteiger partial charge >= 0.3 is 11.9 Å². The van der Waals surface area contributed by atoms with Gasteiger partial charge in [0.15, 0.2) is 0 Å². The number of benzene rings is 2. The Kier molecular flexibility index (Phi) is 9.77. The number of aliphatic hydroxyl groups is 1. The first-order valence-corrected chi connectivity index (χ1v) is 9.77.